The molecule has 0 aromatic carbocycles. The maximum absolute atomic E-state index is 6.16. The van der Waals surface area contributed by atoms with Gasteiger partial charge < -0.3 is 4.43 Å². The molecule has 0 amide bonds. The lowest BCUT2D eigenvalue weighted by molar-refractivity contribution is 0.324. The van der Waals surface area contributed by atoms with E-state index in [1.807, 2.05) is 7.11 Å². The highest BCUT2D eigenvalue weighted by Gasteiger charge is 2.44. The van der Waals surface area contributed by atoms with Crippen LogP contribution in [0.5, 0.6) is 0 Å². The molecule has 0 atom stereocenters. The van der Waals surface area contributed by atoms with Crippen molar-refractivity contribution in [1.82, 2.24) is 0 Å². The normalized spacial score (nSPS) is 25.9. The first-order valence-corrected chi connectivity index (χ1v) is 9.89. The second-order valence-electron chi connectivity index (χ2n) is 6.06. The van der Waals surface area contributed by atoms with E-state index in [9.17, 15) is 0 Å². The first kappa shape index (κ1) is 12.6. The molecule has 0 aromatic rings. The highest BCUT2D eigenvalue weighted by Crippen LogP contribution is 2.48. The topological polar surface area (TPSA) is 9.23 Å². The summed E-state index contributed by atoms with van der Waals surface area (Å²) < 4.78 is 6.16. The van der Waals surface area contributed by atoms with Gasteiger partial charge in [0.1, 0.15) is 0 Å². The molecule has 0 bridgehead atoms. The van der Waals surface area contributed by atoms with Crippen LogP contribution in [0.25, 0.3) is 0 Å². The molecule has 2 saturated carbocycles. The molecule has 2 aliphatic rings. The van der Waals surface area contributed by atoms with Crippen LogP contribution in [-0.2, 0) is 4.43 Å². The van der Waals surface area contributed by atoms with Gasteiger partial charge in [-0.25, -0.2) is 0 Å². The Bertz CT molecular complexity index is 187. The molecule has 16 heavy (non-hydrogen) atoms. The van der Waals surface area contributed by atoms with E-state index >= 15 is 0 Å². The standard InChI is InChI=1S/C14H28OSi/c1-15-16(2,13-9-5-3-6-10-13)14-11-7-4-8-12-14/h13-14H,3-12H2,1-2H3. The molecule has 0 heterocycles. The van der Waals surface area contributed by atoms with Crippen LogP contribution in [0.2, 0.25) is 17.6 Å². The summed E-state index contributed by atoms with van der Waals surface area (Å²) in [7, 11) is 0.588. The minimum absolute atomic E-state index is 0.967. The van der Waals surface area contributed by atoms with Crippen LogP contribution in [0.1, 0.15) is 64.2 Å². The van der Waals surface area contributed by atoms with Crippen molar-refractivity contribution < 1.29 is 4.43 Å². The zero-order valence-corrected chi connectivity index (χ0v) is 12.1. The van der Waals surface area contributed by atoms with E-state index in [4.69, 9.17) is 4.43 Å². The molecule has 0 unspecified atom stereocenters. The van der Waals surface area contributed by atoms with Crippen LogP contribution in [0.3, 0.4) is 0 Å². The molecule has 0 N–H and O–H groups in total. The Kier molecular flexibility index (Phi) is 4.48. The fraction of sp³-hybridized carbons (Fsp3) is 1.00. The molecule has 2 heteroatoms. The van der Waals surface area contributed by atoms with Gasteiger partial charge in [0.15, 0.2) is 8.32 Å². The molecule has 0 saturated heterocycles. The van der Waals surface area contributed by atoms with Crippen LogP contribution >= 0.6 is 0 Å². The van der Waals surface area contributed by atoms with Gasteiger partial charge in [0.25, 0.3) is 0 Å². The minimum Gasteiger partial charge on any atom is -0.420 e. The fourth-order valence-electron chi connectivity index (χ4n) is 4.02. The van der Waals surface area contributed by atoms with Crippen molar-refractivity contribution in [1.29, 1.82) is 0 Å². The quantitative estimate of drug-likeness (QED) is 0.639. The lowest BCUT2D eigenvalue weighted by Gasteiger charge is -2.43. The number of hydrogen-bond donors (Lipinski definition) is 0. The van der Waals surface area contributed by atoms with Gasteiger partial charge in [-0.15, -0.1) is 0 Å². The van der Waals surface area contributed by atoms with Crippen molar-refractivity contribution in [3.63, 3.8) is 0 Å². The van der Waals surface area contributed by atoms with E-state index in [0.717, 1.165) is 11.1 Å². The van der Waals surface area contributed by atoms with Crippen LogP contribution in [0, 0.1) is 0 Å². The lowest BCUT2D eigenvalue weighted by atomic mass is 9.99. The summed E-state index contributed by atoms with van der Waals surface area (Å²) in [5.74, 6) is 0. The van der Waals surface area contributed by atoms with Gasteiger partial charge in [-0.2, -0.15) is 0 Å². The Morgan fingerprint density at radius 1 is 0.750 bits per heavy atom. The number of rotatable bonds is 3. The van der Waals surface area contributed by atoms with Crippen LogP contribution in [0.4, 0.5) is 0 Å². The molecule has 0 radical (unpaired) electrons. The van der Waals surface area contributed by atoms with Gasteiger partial charge in [0, 0.05) is 7.11 Å². The van der Waals surface area contributed by atoms with E-state index in [1.54, 1.807) is 0 Å². The van der Waals surface area contributed by atoms with Crippen LogP contribution < -0.4 is 0 Å². The molecule has 2 aliphatic carbocycles. The van der Waals surface area contributed by atoms with Gasteiger partial charge in [-0.05, 0) is 17.6 Å². The second-order valence-corrected chi connectivity index (χ2v) is 10.5. The van der Waals surface area contributed by atoms with Crippen molar-refractivity contribution in [2.75, 3.05) is 7.11 Å². The van der Waals surface area contributed by atoms with Crippen LogP contribution in [-0.4, -0.2) is 15.4 Å². The van der Waals surface area contributed by atoms with Crippen molar-refractivity contribution in [2.24, 2.45) is 0 Å². The first-order chi connectivity index (χ1) is 7.77. The van der Waals surface area contributed by atoms with E-state index in [2.05, 4.69) is 6.55 Å². The Morgan fingerprint density at radius 3 is 1.44 bits per heavy atom. The molecule has 0 aliphatic heterocycles. The van der Waals surface area contributed by atoms with Crippen molar-refractivity contribution in [3.8, 4) is 0 Å². The summed E-state index contributed by atoms with van der Waals surface area (Å²) in [4.78, 5) is 0. The predicted molar refractivity (Wildman–Crippen MR) is 72.3 cm³/mol. The van der Waals surface area contributed by atoms with Crippen molar-refractivity contribution in [2.45, 2.75) is 81.8 Å². The Hall–Kier alpha value is 0.177. The van der Waals surface area contributed by atoms with E-state index in [-0.39, 0.29) is 0 Å². The highest BCUT2D eigenvalue weighted by molar-refractivity contribution is 6.75. The number of hydrogen-bond acceptors (Lipinski definition) is 1. The van der Waals surface area contributed by atoms with Gasteiger partial charge in [-0.3, -0.25) is 0 Å². The largest absolute Gasteiger partial charge is 0.420 e. The third-order valence-electron chi connectivity index (χ3n) is 5.27. The zero-order valence-electron chi connectivity index (χ0n) is 11.1. The minimum atomic E-state index is -1.42. The SMILES string of the molecule is CO[Si](C)(C1CCCCC1)C1CCCCC1. The van der Waals surface area contributed by atoms with E-state index in [1.165, 1.54) is 64.2 Å². The average molecular weight is 240 g/mol. The summed E-state index contributed by atoms with van der Waals surface area (Å²) in [6, 6.07) is 0. The van der Waals surface area contributed by atoms with Crippen molar-refractivity contribution in [3.05, 3.63) is 0 Å². The Balaban J connectivity index is 2.03. The summed E-state index contributed by atoms with van der Waals surface area (Å²) in [6.07, 6.45) is 14.6. The summed E-state index contributed by atoms with van der Waals surface area (Å²) in [6.45, 7) is 2.54. The molecule has 2 rings (SSSR count). The van der Waals surface area contributed by atoms with Crippen LogP contribution in [0.15, 0.2) is 0 Å². The summed E-state index contributed by atoms with van der Waals surface area (Å²) >= 11 is 0. The highest BCUT2D eigenvalue weighted by atomic mass is 28.4. The summed E-state index contributed by atoms with van der Waals surface area (Å²) in [5, 5.41) is 0. The first-order valence-electron chi connectivity index (χ1n) is 7.32. The van der Waals surface area contributed by atoms with Gasteiger partial charge in [0.2, 0.25) is 0 Å². The Labute approximate surface area is 102 Å². The monoisotopic (exact) mass is 240 g/mol. The summed E-state index contributed by atoms with van der Waals surface area (Å²) in [5.41, 5.74) is 1.93. The molecule has 2 fully saturated rings. The lowest BCUT2D eigenvalue weighted by Crippen LogP contribution is -2.45. The Morgan fingerprint density at radius 2 is 1.12 bits per heavy atom. The third-order valence-corrected chi connectivity index (χ3v) is 10.5. The van der Waals surface area contributed by atoms with Crippen molar-refractivity contribution >= 4 is 8.32 Å². The smallest absolute Gasteiger partial charge is 0.195 e. The molecular weight excluding hydrogens is 212 g/mol. The molecule has 94 valence electrons. The predicted octanol–water partition coefficient (Wildman–Crippen LogP) is 4.88. The van der Waals surface area contributed by atoms with Gasteiger partial charge in [0.05, 0.1) is 0 Å². The van der Waals surface area contributed by atoms with Gasteiger partial charge in [-0.1, -0.05) is 64.2 Å². The maximum Gasteiger partial charge on any atom is 0.195 e. The maximum atomic E-state index is 6.16. The second kappa shape index (κ2) is 5.68. The third kappa shape index (κ3) is 2.53. The zero-order chi connectivity index (χ0) is 11.4. The average Bonchev–Trinajstić information content (AvgIpc) is 2.40. The molecule has 0 spiro atoms. The molecular formula is C14H28OSi. The fourth-order valence-corrected chi connectivity index (χ4v) is 8.46. The molecule has 0 aromatic heterocycles. The molecule has 1 nitrogen and oxygen atoms in total. The van der Waals surface area contributed by atoms with E-state index < -0.39 is 8.32 Å². The van der Waals surface area contributed by atoms with E-state index in [0.29, 0.717) is 0 Å². The van der Waals surface area contributed by atoms with Gasteiger partial charge >= 0.3 is 0 Å².